The Morgan fingerprint density at radius 2 is 2.29 bits per heavy atom. The molecule has 0 aromatic carbocycles. The molecule has 0 aliphatic heterocycles. The highest BCUT2D eigenvalue weighted by Gasteiger charge is 2.25. The van der Waals surface area contributed by atoms with Crippen LogP contribution in [0.4, 0.5) is 5.82 Å². The quantitative estimate of drug-likeness (QED) is 0.508. The normalized spacial score (nSPS) is 15.6. The van der Waals surface area contributed by atoms with Crippen LogP contribution in [-0.4, -0.2) is 48.9 Å². The van der Waals surface area contributed by atoms with Gasteiger partial charge in [-0.2, -0.15) is 5.10 Å². The standard InChI is InChI=1S/C13H21N7O/c1-19-13-10(7-15-19)12(18-14)16-11(17-13)8-20(5-6-21)9-3-2-4-9/h7,9,21H,2-6,8,14H2,1H3,(H,16,17,18). The van der Waals surface area contributed by atoms with Gasteiger partial charge in [-0.25, -0.2) is 15.8 Å². The summed E-state index contributed by atoms with van der Waals surface area (Å²) in [6, 6.07) is 0.525. The molecule has 0 spiro atoms. The van der Waals surface area contributed by atoms with Gasteiger partial charge in [0.1, 0.15) is 5.82 Å². The number of rotatable bonds is 6. The van der Waals surface area contributed by atoms with Gasteiger partial charge in [-0.15, -0.1) is 0 Å². The molecular weight excluding hydrogens is 270 g/mol. The first-order valence-electron chi connectivity index (χ1n) is 7.23. The van der Waals surface area contributed by atoms with Crippen molar-refractivity contribution < 1.29 is 5.11 Å². The first kappa shape index (κ1) is 14.2. The highest BCUT2D eigenvalue weighted by molar-refractivity contribution is 5.86. The number of aryl methyl sites for hydroxylation is 1. The minimum atomic E-state index is 0.145. The van der Waals surface area contributed by atoms with Crippen molar-refractivity contribution >= 4 is 16.9 Å². The third-order valence-electron chi connectivity index (χ3n) is 4.10. The summed E-state index contributed by atoms with van der Waals surface area (Å²) >= 11 is 0. The number of hydrogen-bond donors (Lipinski definition) is 3. The third-order valence-corrected chi connectivity index (χ3v) is 4.10. The fraction of sp³-hybridized carbons (Fsp3) is 0.615. The molecule has 0 radical (unpaired) electrons. The SMILES string of the molecule is Cn1ncc2c(NN)nc(CN(CCO)C3CCC3)nc21. The predicted molar refractivity (Wildman–Crippen MR) is 79.2 cm³/mol. The fourth-order valence-electron chi connectivity index (χ4n) is 2.70. The number of anilines is 1. The summed E-state index contributed by atoms with van der Waals surface area (Å²) in [7, 11) is 1.84. The van der Waals surface area contributed by atoms with Crippen LogP contribution < -0.4 is 11.3 Å². The molecule has 0 bridgehead atoms. The number of aromatic nitrogens is 4. The smallest absolute Gasteiger partial charge is 0.163 e. The van der Waals surface area contributed by atoms with Gasteiger partial charge >= 0.3 is 0 Å². The summed E-state index contributed by atoms with van der Waals surface area (Å²) in [6.07, 6.45) is 5.31. The summed E-state index contributed by atoms with van der Waals surface area (Å²) < 4.78 is 1.71. The number of aliphatic hydroxyl groups excluding tert-OH is 1. The number of nitrogen functional groups attached to an aromatic ring is 1. The van der Waals surface area contributed by atoms with Crippen LogP contribution in [0.3, 0.4) is 0 Å². The average molecular weight is 291 g/mol. The molecular formula is C13H21N7O. The van der Waals surface area contributed by atoms with Crippen molar-refractivity contribution in [2.24, 2.45) is 12.9 Å². The number of nitrogens with two attached hydrogens (primary N) is 1. The molecule has 8 heteroatoms. The van der Waals surface area contributed by atoms with Gasteiger partial charge in [-0.05, 0) is 12.8 Å². The first-order chi connectivity index (χ1) is 10.2. The van der Waals surface area contributed by atoms with E-state index in [1.165, 1.54) is 19.3 Å². The molecule has 0 unspecified atom stereocenters. The molecule has 1 aliphatic rings. The zero-order valence-electron chi connectivity index (χ0n) is 12.2. The lowest BCUT2D eigenvalue weighted by Crippen LogP contribution is -2.41. The van der Waals surface area contributed by atoms with E-state index in [-0.39, 0.29) is 6.61 Å². The van der Waals surface area contributed by atoms with E-state index in [2.05, 4.69) is 25.4 Å². The fourth-order valence-corrected chi connectivity index (χ4v) is 2.70. The van der Waals surface area contributed by atoms with Crippen molar-refractivity contribution in [3.63, 3.8) is 0 Å². The molecule has 2 heterocycles. The van der Waals surface area contributed by atoms with E-state index in [1.807, 2.05) is 7.05 Å². The molecule has 1 aliphatic carbocycles. The molecule has 8 nitrogen and oxygen atoms in total. The molecule has 0 saturated heterocycles. The van der Waals surface area contributed by atoms with Crippen molar-refractivity contribution in [3.05, 3.63) is 12.0 Å². The summed E-state index contributed by atoms with van der Waals surface area (Å²) in [5, 5.41) is 14.2. The van der Waals surface area contributed by atoms with Crippen LogP contribution in [0.2, 0.25) is 0 Å². The van der Waals surface area contributed by atoms with Crippen LogP contribution in [0.25, 0.3) is 11.0 Å². The minimum Gasteiger partial charge on any atom is -0.395 e. The zero-order chi connectivity index (χ0) is 14.8. The highest BCUT2D eigenvalue weighted by Crippen LogP contribution is 2.26. The Labute approximate surface area is 122 Å². The third kappa shape index (κ3) is 2.69. The van der Waals surface area contributed by atoms with Crippen LogP contribution in [0.1, 0.15) is 25.1 Å². The molecule has 21 heavy (non-hydrogen) atoms. The maximum absolute atomic E-state index is 9.24. The zero-order valence-corrected chi connectivity index (χ0v) is 12.2. The van der Waals surface area contributed by atoms with E-state index in [0.29, 0.717) is 30.8 Å². The Morgan fingerprint density at radius 3 is 2.90 bits per heavy atom. The average Bonchev–Trinajstić information content (AvgIpc) is 2.78. The second-order valence-electron chi connectivity index (χ2n) is 5.42. The van der Waals surface area contributed by atoms with Gasteiger partial charge in [-0.3, -0.25) is 9.58 Å². The van der Waals surface area contributed by atoms with Crippen molar-refractivity contribution in [2.75, 3.05) is 18.6 Å². The highest BCUT2D eigenvalue weighted by atomic mass is 16.3. The van der Waals surface area contributed by atoms with E-state index >= 15 is 0 Å². The maximum atomic E-state index is 9.24. The van der Waals surface area contributed by atoms with Crippen molar-refractivity contribution in [1.29, 1.82) is 0 Å². The van der Waals surface area contributed by atoms with Crippen LogP contribution in [-0.2, 0) is 13.6 Å². The van der Waals surface area contributed by atoms with E-state index in [9.17, 15) is 5.11 Å². The number of hydrazine groups is 1. The molecule has 1 fully saturated rings. The van der Waals surface area contributed by atoms with Gasteiger partial charge in [-0.1, -0.05) is 6.42 Å². The summed E-state index contributed by atoms with van der Waals surface area (Å²) in [5.74, 6) is 6.83. The molecule has 0 amide bonds. The number of nitrogens with one attached hydrogen (secondary N) is 1. The first-order valence-corrected chi connectivity index (χ1v) is 7.23. The van der Waals surface area contributed by atoms with E-state index in [0.717, 1.165) is 11.0 Å². The second kappa shape index (κ2) is 5.92. The minimum absolute atomic E-state index is 0.145. The Hall–Kier alpha value is -1.77. The van der Waals surface area contributed by atoms with Crippen molar-refractivity contribution in [1.82, 2.24) is 24.6 Å². The van der Waals surface area contributed by atoms with E-state index < -0.39 is 0 Å². The maximum Gasteiger partial charge on any atom is 0.163 e. The molecule has 4 N–H and O–H groups in total. The van der Waals surface area contributed by atoms with Crippen LogP contribution in [0, 0.1) is 0 Å². The summed E-state index contributed by atoms with van der Waals surface area (Å²) in [6.45, 7) is 1.40. The number of nitrogens with zero attached hydrogens (tertiary/aromatic N) is 5. The monoisotopic (exact) mass is 291 g/mol. The van der Waals surface area contributed by atoms with Gasteiger partial charge in [0.15, 0.2) is 11.5 Å². The molecule has 2 aromatic rings. The van der Waals surface area contributed by atoms with Crippen molar-refractivity contribution in [2.45, 2.75) is 31.8 Å². The Morgan fingerprint density at radius 1 is 1.48 bits per heavy atom. The molecule has 1 saturated carbocycles. The Kier molecular flexibility index (Phi) is 4.00. The van der Waals surface area contributed by atoms with E-state index in [1.54, 1.807) is 10.9 Å². The summed E-state index contributed by atoms with van der Waals surface area (Å²) in [5.41, 5.74) is 3.37. The molecule has 3 rings (SSSR count). The lowest BCUT2D eigenvalue weighted by atomic mass is 9.91. The van der Waals surface area contributed by atoms with Gasteiger partial charge < -0.3 is 10.5 Å². The Bertz CT molecular complexity index is 622. The number of fused-ring (bicyclic) bond motifs is 1. The number of hydrogen-bond acceptors (Lipinski definition) is 7. The molecule has 2 aromatic heterocycles. The largest absolute Gasteiger partial charge is 0.395 e. The van der Waals surface area contributed by atoms with Gasteiger partial charge in [0, 0.05) is 19.6 Å². The van der Waals surface area contributed by atoms with E-state index in [4.69, 9.17) is 5.84 Å². The Balaban J connectivity index is 1.89. The molecule has 114 valence electrons. The lowest BCUT2D eigenvalue weighted by molar-refractivity contribution is 0.0921. The van der Waals surface area contributed by atoms with Crippen LogP contribution in [0.15, 0.2) is 6.20 Å². The van der Waals surface area contributed by atoms with Crippen LogP contribution in [0.5, 0.6) is 0 Å². The van der Waals surface area contributed by atoms with Gasteiger partial charge in [0.25, 0.3) is 0 Å². The topological polar surface area (TPSA) is 105 Å². The summed E-state index contributed by atoms with van der Waals surface area (Å²) in [4.78, 5) is 11.3. The van der Waals surface area contributed by atoms with Crippen LogP contribution >= 0.6 is 0 Å². The molecule has 0 atom stereocenters. The lowest BCUT2D eigenvalue weighted by Gasteiger charge is -2.36. The van der Waals surface area contributed by atoms with Crippen molar-refractivity contribution in [3.8, 4) is 0 Å². The van der Waals surface area contributed by atoms with Gasteiger partial charge in [0.2, 0.25) is 0 Å². The second-order valence-corrected chi connectivity index (χ2v) is 5.42. The van der Waals surface area contributed by atoms with Gasteiger partial charge in [0.05, 0.1) is 24.7 Å². The predicted octanol–water partition coefficient (Wildman–Crippen LogP) is -0.00430. The number of aliphatic hydroxyl groups is 1.